The van der Waals surface area contributed by atoms with E-state index in [9.17, 15) is 4.79 Å². The Morgan fingerprint density at radius 3 is 2.81 bits per heavy atom. The fourth-order valence-corrected chi connectivity index (χ4v) is 2.77. The number of Topliss-reactive ketones (excluding diaryl/α,β-unsaturated/α-hetero) is 1. The molecule has 1 atom stereocenters. The maximum Gasteiger partial charge on any atom is 0.266 e. The summed E-state index contributed by atoms with van der Waals surface area (Å²) >= 11 is 1.62. The zero-order chi connectivity index (χ0) is 11.5. The van der Waals surface area contributed by atoms with E-state index in [2.05, 4.69) is 10.1 Å². The molecule has 2 rings (SSSR count). The zero-order valence-corrected chi connectivity index (χ0v) is 10.3. The SMILES string of the molecule is CCN(CC)c1noc(C2CSCC2=O)n1. The number of carbonyl (C=O) groups excluding carboxylic acids is 1. The van der Waals surface area contributed by atoms with Crippen molar-refractivity contribution in [2.24, 2.45) is 0 Å². The number of aromatic nitrogens is 2. The summed E-state index contributed by atoms with van der Waals surface area (Å²) in [6.45, 7) is 5.75. The summed E-state index contributed by atoms with van der Waals surface area (Å²) in [5, 5.41) is 3.92. The van der Waals surface area contributed by atoms with Crippen molar-refractivity contribution < 1.29 is 9.32 Å². The van der Waals surface area contributed by atoms with Crippen molar-refractivity contribution in [1.29, 1.82) is 0 Å². The minimum Gasteiger partial charge on any atom is -0.339 e. The van der Waals surface area contributed by atoms with E-state index in [0.29, 0.717) is 17.6 Å². The second-order valence-corrected chi connectivity index (χ2v) is 4.67. The number of thioether (sulfide) groups is 1. The van der Waals surface area contributed by atoms with Crippen molar-refractivity contribution in [3.63, 3.8) is 0 Å². The summed E-state index contributed by atoms with van der Waals surface area (Å²) in [4.78, 5) is 17.8. The number of anilines is 1. The van der Waals surface area contributed by atoms with Gasteiger partial charge < -0.3 is 9.42 Å². The van der Waals surface area contributed by atoms with E-state index < -0.39 is 0 Å². The molecule has 0 bridgehead atoms. The first-order chi connectivity index (χ1) is 7.76. The highest BCUT2D eigenvalue weighted by Gasteiger charge is 2.31. The maximum absolute atomic E-state index is 11.5. The normalized spacial score (nSPS) is 20.4. The minimum absolute atomic E-state index is 0.193. The molecule has 2 heterocycles. The van der Waals surface area contributed by atoms with Gasteiger partial charge in [0.15, 0.2) is 5.78 Å². The van der Waals surface area contributed by atoms with E-state index in [-0.39, 0.29) is 11.7 Å². The quantitative estimate of drug-likeness (QED) is 0.792. The molecule has 88 valence electrons. The van der Waals surface area contributed by atoms with E-state index >= 15 is 0 Å². The van der Waals surface area contributed by atoms with Crippen LogP contribution in [0.3, 0.4) is 0 Å². The van der Waals surface area contributed by atoms with Crippen molar-refractivity contribution in [2.45, 2.75) is 19.8 Å². The molecule has 16 heavy (non-hydrogen) atoms. The largest absolute Gasteiger partial charge is 0.339 e. The van der Waals surface area contributed by atoms with Crippen molar-refractivity contribution in [1.82, 2.24) is 10.1 Å². The maximum atomic E-state index is 11.5. The molecule has 0 aliphatic carbocycles. The summed E-state index contributed by atoms with van der Waals surface area (Å²) < 4.78 is 5.17. The Labute approximate surface area is 98.6 Å². The van der Waals surface area contributed by atoms with Gasteiger partial charge in [0.1, 0.15) is 5.92 Å². The lowest BCUT2D eigenvalue weighted by molar-refractivity contribution is -0.117. The number of rotatable bonds is 4. The van der Waals surface area contributed by atoms with Crippen LogP contribution < -0.4 is 4.90 Å². The lowest BCUT2D eigenvalue weighted by Gasteiger charge is -2.14. The summed E-state index contributed by atoms with van der Waals surface area (Å²) in [6.07, 6.45) is 0. The van der Waals surface area contributed by atoms with Crippen LogP contribution in [0.1, 0.15) is 25.7 Å². The average molecular weight is 241 g/mol. The molecular formula is C10H15N3O2S. The summed E-state index contributed by atoms with van der Waals surface area (Å²) in [5.41, 5.74) is 0. The van der Waals surface area contributed by atoms with Gasteiger partial charge in [-0.15, -0.1) is 0 Å². The predicted molar refractivity (Wildman–Crippen MR) is 62.9 cm³/mol. The van der Waals surface area contributed by atoms with Gasteiger partial charge in [-0.05, 0) is 19.0 Å². The summed E-state index contributed by atoms with van der Waals surface area (Å²) in [6, 6.07) is 0. The molecular weight excluding hydrogens is 226 g/mol. The van der Waals surface area contributed by atoms with Crippen molar-refractivity contribution >= 4 is 23.5 Å². The molecule has 1 fully saturated rings. The van der Waals surface area contributed by atoms with Gasteiger partial charge in [0.25, 0.3) is 5.95 Å². The highest BCUT2D eigenvalue weighted by Crippen LogP contribution is 2.29. The Kier molecular flexibility index (Phi) is 3.48. The predicted octanol–water partition coefficient (Wildman–Crippen LogP) is 1.32. The van der Waals surface area contributed by atoms with Crippen LogP contribution in [-0.4, -0.2) is 40.5 Å². The number of hydrogen-bond donors (Lipinski definition) is 0. The molecule has 1 aromatic rings. The van der Waals surface area contributed by atoms with E-state index in [1.165, 1.54) is 0 Å². The fourth-order valence-electron chi connectivity index (χ4n) is 1.68. The first-order valence-corrected chi connectivity index (χ1v) is 6.60. The Balaban J connectivity index is 2.15. The summed E-state index contributed by atoms with van der Waals surface area (Å²) in [5.74, 6) is 2.38. The van der Waals surface area contributed by atoms with Crippen LogP contribution in [0.2, 0.25) is 0 Å². The van der Waals surface area contributed by atoms with Crippen LogP contribution in [0, 0.1) is 0 Å². The zero-order valence-electron chi connectivity index (χ0n) is 9.47. The number of carbonyl (C=O) groups is 1. The molecule has 0 radical (unpaired) electrons. The molecule has 0 saturated carbocycles. The van der Waals surface area contributed by atoms with Crippen molar-refractivity contribution in [2.75, 3.05) is 29.5 Å². The van der Waals surface area contributed by atoms with Crippen LogP contribution in [0.5, 0.6) is 0 Å². The number of ketones is 1. The second-order valence-electron chi connectivity index (χ2n) is 3.64. The first-order valence-electron chi connectivity index (χ1n) is 5.45. The van der Waals surface area contributed by atoms with Crippen LogP contribution in [0.25, 0.3) is 0 Å². The lowest BCUT2D eigenvalue weighted by Crippen LogP contribution is -2.23. The molecule has 1 saturated heterocycles. The molecule has 0 aromatic carbocycles. The Bertz CT molecular complexity index is 376. The standard InChI is InChI=1S/C10H15N3O2S/c1-3-13(4-2)10-11-9(15-12-10)7-5-16-6-8(7)14/h7H,3-6H2,1-2H3. The smallest absolute Gasteiger partial charge is 0.266 e. The Hall–Kier alpha value is -1.04. The van der Waals surface area contributed by atoms with Gasteiger partial charge in [-0.1, -0.05) is 0 Å². The van der Waals surface area contributed by atoms with Crippen molar-refractivity contribution in [3.8, 4) is 0 Å². The van der Waals surface area contributed by atoms with Gasteiger partial charge in [0.05, 0.1) is 5.75 Å². The highest BCUT2D eigenvalue weighted by atomic mass is 32.2. The van der Waals surface area contributed by atoms with E-state index in [4.69, 9.17) is 4.52 Å². The minimum atomic E-state index is -0.193. The average Bonchev–Trinajstić information content (AvgIpc) is 2.89. The molecule has 1 aliphatic heterocycles. The molecule has 0 spiro atoms. The van der Waals surface area contributed by atoms with Gasteiger partial charge in [-0.2, -0.15) is 16.7 Å². The van der Waals surface area contributed by atoms with E-state index in [0.717, 1.165) is 18.8 Å². The van der Waals surface area contributed by atoms with Gasteiger partial charge in [0.2, 0.25) is 5.89 Å². The molecule has 5 nitrogen and oxygen atoms in total. The van der Waals surface area contributed by atoms with Crippen LogP contribution >= 0.6 is 11.8 Å². The molecule has 0 amide bonds. The van der Waals surface area contributed by atoms with Crippen LogP contribution in [-0.2, 0) is 4.79 Å². The number of nitrogens with zero attached hydrogens (tertiary/aromatic N) is 3. The van der Waals surface area contributed by atoms with Gasteiger partial charge in [-0.25, -0.2) is 0 Å². The topological polar surface area (TPSA) is 59.2 Å². The third kappa shape index (κ3) is 2.07. The molecule has 0 N–H and O–H groups in total. The Morgan fingerprint density at radius 2 is 2.25 bits per heavy atom. The first kappa shape index (κ1) is 11.4. The van der Waals surface area contributed by atoms with Crippen molar-refractivity contribution in [3.05, 3.63) is 5.89 Å². The lowest BCUT2D eigenvalue weighted by atomic mass is 10.1. The fraction of sp³-hybridized carbons (Fsp3) is 0.700. The second kappa shape index (κ2) is 4.86. The molecule has 1 aliphatic rings. The van der Waals surface area contributed by atoms with Crippen LogP contribution in [0.4, 0.5) is 5.95 Å². The number of hydrogen-bond acceptors (Lipinski definition) is 6. The molecule has 1 unspecified atom stereocenters. The monoisotopic (exact) mass is 241 g/mol. The van der Waals surface area contributed by atoms with Crippen LogP contribution in [0.15, 0.2) is 4.52 Å². The third-order valence-corrected chi connectivity index (χ3v) is 3.75. The summed E-state index contributed by atoms with van der Waals surface area (Å²) in [7, 11) is 0. The van der Waals surface area contributed by atoms with Gasteiger partial charge in [-0.3, -0.25) is 4.79 Å². The molecule has 6 heteroatoms. The molecule has 1 aromatic heterocycles. The third-order valence-electron chi connectivity index (χ3n) is 2.69. The van der Waals surface area contributed by atoms with E-state index in [1.54, 1.807) is 11.8 Å². The Morgan fingerprint density at radius 1 is 1.50 bits per heavy atom. The van der Waals surface area contributed by atoms with E-state index in [1.807, 2.05) is 18.7 Å². The highest BCUT2D eigenvalue weighted by molar-refractivity contribution is 8.00. The van der Waals surface area contributed by atoms with Gasteiger partial charge >= 0.3 is 0 Å². The van der Waals surface area contributed by atoms with Gasteiger partial charge in [0, 0.05) is 18.8 Å².